The Morgan fingerprint density at radius 1 is 1.39 bits per heavy atom. The number of hydrogen-bond acceptors (Lipinski definition) is 3. The summed E-state index contributed by atoms with van der Waals surface area (Å²) in [6.07, 6.45) is 4.33. The third-order valence-corrected chi connectivity index (χ3v) is 3.63. The van der Waals surface area contributed by atoms with Gasteiger partial charge in [-0.15, -0.1) is 0 Å². The zero-order valence-corrected chi connectivity index (χ0v) is 10.8. The van der Waals surface area contributed by atoms with Gasteiger partial charge in [-0.3, -0.25) is 4.68 Å². The van der Waals surface area contributed by atoms with Crippen LogP contribution in [0, 0.1) is 0 Å². The maximum Gasteiger partial charge on any atom is 0.137 e. The van der Waals surface area contributed by atoms with Crippen molar-refractivity contribution in [3.63, 3.8) is 0 Å². The second kappa shape index (κ2) is 4.12. The number of aryl methyl sites for hydroxylation is 2. The topological polar surface area (TPSA) is 42.7 Å². The molecule has 18 heavy (non-hydrogen) atoms. The van der Waals surface area contributed by atoms with E-state index < -0.39 is 0 Å². The van der Waals surface area contributed by atoms with E-state index in [2.05, 4.69) is 47.4 Å². The molecule has 0 aliphatic carbocycles. The quantitative estimate of drug-likeness (QED) is 0.897. The maximum absolute atomic E-state index is 4.13. The molecule has 0 fully saturated rings. The van der Waals surface area contributed by atoms with Crippen LogP contribution in [0.2, 0.25) is 0 Å². The van der Waals surface area contributed by atoms with Gasteiger partial charge in [0.25, 0.3) is 0 Å². The largest absolute Gasteiger partial charge is 0.384 e. The smallest absolute Gasteiger partial charge is 0.137 e. The van der Waals surface area contributed by atoms with Crippen LogP contribution in [-0.4, -0.2) is 21.3 Å². The summed E-state index contributed by atoms with van der Waals surface area (Å²) in [5.74, 6) is 0. The molecule has 0 radical (unpaired) electrons. The van der Waals surface area contributed by atoms with Crippen LogP contribution >= 0.6 is 0 Å². The summed E-state index contributed by atoms with van der Waals surface area (Å²) in [5.41, 5.74) is 4.31. The number of nitrogens with zero attached hydrogens (tertiary/aromatic N) is 3. The van der Waals surface area contributed by atoms with Gasteiger partial charge in [-0.25, -0.2) is 4.98 Å². The molecule has 0 spiro atoms. The molecule has 0 unspecified atom stereocenters. The van der Waals surface area contributed by atoms with E-state index in [1.165, 1.54) is 16.8 Å². The molecule has 1 N–H and O–H groups in total. The van der Waals surface area contributed by atoms with Gasteiger partial charge in [0.2, 0.25) is 0 Å². The first-order chi connectivity index (χ1) is 8.65. The molecule has 2 heterocycles. The van der Waals surface area contributed by atoms with Gasteiger partial charge < -0.3 is 5.32 Å². The molecule has 0 saturated heterocycles. The minimum atomic E-state index is 0.235. The Morgan fingerprint density at radius 2 is 2.28 bits per heavy atom. The third-order valence-electron chi connectivity index (χ3n) is 3.63. The van der Waals surface area contributed by atoms with E-state index in [4.69, 9.17) is 0 Å². The molecule has 94 valence electrons. The summed E-state index contributed by atoms with van der Waals surface area (Å²) in [6, 6.07) is 6.72. The highest BCUT2D eigenvalue weighted by Gasteiger charge is 2.29. The molecule has 1 aliphatic rings. The summed E-state index contributed by atoms with van der Waals surface area (Å²) >= 11 is 0. The molecule has 1 aromatic heterocycles. The Labute approximate surface area is 107 Å². The van der Waals surface area contributed by atoms with Gasteiger partial charge in [-0.05, 0) is 23.6 Å². The molecule has 1 aliphatic heterocycles. The summed E-state index contributed by atoms with van der Waals surface area (Å²) in [7, 11) is 0. The van der Waals surface area contributed by atoms with E-state index in [1.54, 1.807) is 12.7 Å². The molecule has 3 rings (SSSR count). The molecule has 4 heteroatoms. The first-order valence-corrected chi connectivity index (χ1v) is 6.35. The van der Waals surface area contributed by atoms with Crippen molar-refractivity contribution < 1.29 is 0 Å². The molecule has 4 nitrogen and oxygen atoms in total. The first kappa shape index (κ1) is 11.3. The SMILES string of the molecule is CC1(C)CNc2ccc(CCn3cncn3)cc21. The standard InChI is InChI=1S/C14H18N4/c1-14(2)8-16-13-4-3-11(7-12(13)14)5-6-18-10-15-9-17-18/h3-4,7,9-10,16H,5-6,8H2,1-2H3. The maximum atomic E-state index is 4.13. The van der Waals surface area contributed by atoms with Crippen LogP contribution in [0.3, 0.4) is 0 Å². The minimum Gasteiger partial charge on any atom is -0.384 e. The molecule has 1 aromatic carbocycles. The van der Waals surface area contributed by atoms with Crippen LogP contribution in [0.5, 0.6) is 0 Å². The second-order valence-corrected chi connectivity index (χ2v) is 5.53. The Bertz CT molecular complexity index is 543. The zero-order chi connectivity index (χ0) is 12.6. The molecular formula is C14H18N4. The number of rotatable bonds is 3. The predicted molar refractivity (Wildman–Crippen MR) is 71.7 cm³/mol. The average Bonchev–Trinajstić information content (AvgIpc) is 2.96. The van der Waals surface area contributed by atoms with Gasteiger partial charge in [0.05, 0.1) is 0 Å². The number of hydrogen-bond donors (Lipinski definition) is 1. The summed E-state index contributed by atoms with van der Waals surface area (Å²) < 4.78 is 1.87. The van der Waals surface area contributed by atoms with Crippen molar-refractivity contribution in [2.75, 3.05) is 11.9 Å². The van der Waals surface area contributed by atoms with Gasteiger partial charge in [0, 0.05) is 24.2 Å². The first-order valence-electron chi connectivity index (χ1n) is 6.35. The molecule has 0 amide bonds. The van der Waals surface area contributed by atoms with E-state index >= 15 is 0 Å². The normalized spacial score (nSPS) is 16.3. The fraction of sp³-hybridized carbons (Fsp3) is 0.429. The minimum absolute atomic E-state index is 0.235. The predicted octanol–water partition coefficient (Wildman–Crippen LogP) is 2.22. The highest BCUT2D eigenvalue weighted by Crippen LogP contribution is 2.36. The lowest BCUT2D eigenvalue weighted by atomic mass is 9.86. The molecule has 2 aromatic rings. The summed E-state index contributed by atoms with van der Waals surface area (Å²) in [5, 5.41) is 7.59. The average molecular weight is 242 g/mol. The van der Waals surface area contributed by atoms with E-state index in [9.17, 15) is 0 Å². The van der Waals surface area contributed by atoms with E-state index in [1.807, 2.05) is 4.68 Å². The van der Waals surface area contributed by atoms with Gasteiger partial charge >= 0.3 is 0 Å². The second-order valence-electron chi connectivity index (χ2n) is 5.53. The van der Waals surface area contributed by atoms with E-state index in [0.717, 1.165) is 19.5 Å². The number of fused-ring (bicyclic) bond motifs is 1. The highest BCUT2D eigenvalue weighted by molar-refractivity contribution is 5.60. The van der Waals surface area contributed by atoms with Crippen molar-refractivity contribution in [3.8, 4) is 0 Å². The van der Waals surface area contributed by atoms with E-state index in [0.29, 0.717) is 0 Å². The fourth-order valence-corrected chi connectivity index (χ4v) is 2.46. The number of nitrogens with one attached hydrogen (secondary N) is 1. The van der Waals surface area contributed by atoms with Gasteiger partial charge in [0.1, 0.15) is 12.7 Å². The van der Waals surface area contributed by atoms with Crippen LogP contribution < -0.4 is 5.32 Å². The Balaban J connectivity index is 1.78. The summed E-state index contributed by atoms with van der Waals surface area (Å²) in [6.45, 7) is 6.47. The lowest BCUT2D eigenvalue weighted by Crippen LogP contribution is -2.19. The van der Waals surface area contributed by atoms with Gasteiger partial charge in [-0.2, -0.15) is 5.10 Å². The lowest BCUT2D eigenvalue weighted by molar-refractivity contribution is 0.583. The van der Waals surface area contributed by atoms with Crippen LogP contribution in [0.1, 0.15) is 25.0 Å². The number of aromatic nitrogens is 3. The molecule has 0 bridgehead atoms. The molecule has 0 atom stereocenters. The monoisotopic (exact) mass is 242 g/mol. The van der Waals surface area contributed by atoms with Gasteiger partial charge in [-0.1, -0.05) is 26.0 Å². The van der Waals surface area contributed by atoms with Crippen LogP contribution in [0.25, 0.3) is 0 Å². The van der Waals surface area contributed by atoms with Crippen molar-refractivity contribution in [2.45, 2.75) is 32.2 Å². The Morgan fingerprint density at radius 3 is 3.06 bits per heavy atom. The van der Waals surface area contributed by atoms with Crippen molar-refractivity contribution in [1.29, 1.82) is 0 Å². The lowest BCUT2D eigenvalue weighted by Gasteiger charge is -2.17. The Kier molecular flexibility index (Phi) is 2.58. The Hall–Kier alpha value is -1.84. The van der Waals surface area contributed by atoms with Crippen molar-refractivity contribution in [1.82, 2.24) is 14.8 Å². The molecule has 0 saturated carbocycles. The van der Waals surface area contributed by atoms with Crippen molar-refractivity contribution in [3.05, 3.63) is 42.0 Å². The third kappa shape index (κ3) is 1.98. The van der Waals surface area contributed by atoms with Crippen LogP contribution in [0.15, 0.2) is 30.9 Å². The highest BCUT2D eigenvalue weighted by atomic mass is 15.3. The number of anilines is 1. The van der Waals surface area contributed by atoms with Gasteiger partial charge in [0.15, 0.2) is 0 Å². The molecular weight excluding hydrogens is 224 g/mol. The van der Waals surface area contributed by atoms with Crippen molar-refractivity contribution >= 4 is 5.69 Å². The summed E-state index contributed by atoms with van der Waals surface area (Å²) in [4.78, 5) is 3.96. The van der Waals surface area contributed by atoms with Crippen molar-refractivity contribution in [2.24, 2.45) is 0 Å². The van der Waals surface area contributed by atoms with Crippen LogP contribution in [-0.2, 0) is 18.4 Å². The zero-order valence-electron chi connectivity index (χ0n) is 10.8. The fourth-order valence-electron chi connectivity index (χ4n) is 2.46. The van der Waals surface area contributed by atoms with E-state index in [-0.39, 0.29) is 5.41 Å². The number of benzene rings is 1. The van der Waals surface area contributed by atoms with Crippen LogP contribution in [0.4, 0.5) is 5.69 Å².